The van der Waals surface area contributed by atoms with Gasteiger partial charge in [-0.3, -0.25) is 18.9 Å². The van der Waals surface area contributed by atoms with Gasteiger partial charge in [-0.05, 0) is 56.5 Å². The first-order chi connectivity index (χ1) is 25.5. The highest BCUT2D eigenvalue weighted by molar-refractivity contribution is 7.52. The van der Waals surface area contributed by atoms with E-state index in [1.165, 1.54) is 12.1 Å². The number of ether oxygens (including phenoxy) is 1. The molecule has 0 saturated carbocycles. The van der Waals surface area contributed by atoms with Crippen LogP contribution in [0.2, 0.25) is 0 Å². The number of nitrogens with zero attached hydrogens (tertiary/aromatic N) is 2. The standard InChI is InChI=1S/C40H40F2N3O7PS/c1-39(2,3)35(43-36(46)34-21-27-19-28(15-16-33(27)54-34)40(41,42)53(49,50)51)38(48)45-22-26-11-5-4-10-25(26)20-31(45)37(47)44-17-18-52-32(23-44)30-14-8-12-24-9-6-7-13-29(24)30/h4-16,19,21,31-32,35H,17-18,20,22-23H2,1-3H3,(H,43,46)(H2,49,50,51)/t31-,32?,35+/m0/s1. The Hall–Kier alpha value is -4.52. The van der Waals surface area contributed by atoms with Crippen molar-refractivity contribution in [3.8, 4) is 0 Å². The van der Waals surface area contributed by atoms with Crippen molar-refractivity contribution in [3.05, 3.63) is 118 Å². The first kappa shape index (κ1) is 37.8. The van der Waals surface area contributed by atoms with Gasteiger partial charge in [0, 0.05) is 29.8 Å². The van der Waals surface area contributed by atoms with Gasteiger partial charge >= 0.3 is 13.3 Å². The lowest BCUT2D eigenvalue weighted by Gasteiger charge is -2.43. The van der Waals surface area contributed by atoms with Crippen molar-refractivity contribution in [1.82, 2.24) is 15.1 Å². The number of rotatable bonds is 7. The minimum atomic E-state index is -5.80. The van der Waals surface area contributed by atoms with Gasteiger partial charge in [0.25, 0.3) is 5.91 Å². The fraction of sp³-hybridized carbons (Fsp3) is 0.325. The van der Waals surface area contributed by atoms with Gasteiger partial charge < -0.3 is 29.6 Å². The second-order valence-electron chi connectivity index (χ2n) is 14.9. The van der Waals surface area contributed by atoms with E-state index in [0.29, 0.717) is 30.8 Å². The number of alkyl halides is 2. The van der Waals surface area contributed by atoms with Crippen LogP contribution in [-0.2, 0) is 37.5 Å². The van der Waals surface area contributed by atoms with Crippen molar-refractivity contribution in [2.45, 2.75) is 57.6 Å². The van der Waals surface area contributed by atoms with Crippen LogP contribution in [0.1, 0.15) is 58.8 Å². The molecule has 4 aromatic carbocycles. The normalized spacial score (nSPS) is 18.7. The van der Waals surface area contributed by atoms with Crippen LogP contribution < -0.4 is 5.32 Å². The van der Waals surface area contributed by atoms with Gasteiger partial charge in [-0.1, -0.05) is 93.6 Å². The van der Waals surface area contributed by atoms with Crippen LogP contribution in [0.4, 0.5) is 8.78 Å². The van der Waals surface area contributed by atoms with Gasteiger partial charge in [0.15, 0.2) is 0 Å². The van der Waals surface area contributed by atoms with Crippen molar-refractivity contribution < 1.29 is 42.3 Å². The maximum absolute atomic E-state index is 14.7. The van der Waals surface area contributed by atoms with Crippen molar-refractivity contribution in [3.63, 3.8) is 0 Å². The number of carbonyl (C=O) groups is 3. The SMILES string of the molecule is CC(C)(C)[C@H](NC(=O)c1cc2cc(C(F)(F)P(=O)(O)O)ccc2s1)C(=O)N1Cc2ccccc2C[C@H]1C(=O)N1CCOC(c2cccc3ccccc23)C1. The third kappa shape index (κ3) is 7.19. The summed E-state index contributed by atoms with van der Waals surface area (Å²) in [6.45, 7) is 6.57. The molecule has 5 aromatic rings. The molecule has 3 amide bonds. The lowest BCUT2D eigenvalue weighted by Crippen LogP contribution is -2.61. The molecular formula is C40H40F2N3O7PS. The quantitative estimate of drug-likeness (QED) is 0.152. The summed E-state index contributed by atoms with van der Waals surface area (Å²) in [5.41, 5.74) is -3.25. The Kier molecular flexibility index (Phi) is 9.99. The van der Waals surface area contributed by atoms with Crippen LogP contribution in [0.15, 0.2) is 91.0 Å². The summed E-state index contributed by atoms with van der Waals surface area (Å²) in [7, 11) is -5.80. The highest BCUT2D eigenvalue weighted by Gasteiger charge is 2.50. The topological polar surface area (TPSA) is 136 Å². The molecule has 14 heteroatoms. The summed E-state index contributed by atoms with van der Waals surface area (Å²) in [6, 6.07) is 24.3. The van der Waals surface area contributed by atoms with Gasteiger partial charge in [0.1, 0.15) is 18.2 Å². The molecule has 3 N–H and O–H groups in total. The fourth-order valence-corrected chi connectivity index (χ4v) is 8.70. The molecule has 10 nitrogen and oxygen atoms in total. The molecule has 2 aliphatic rings. The number of halogens is 2. The average molecular weight is 776 g/mol. The largest absolute Gasteiger partial charge is 0.399 e. The van der Waals surface area contributed by atoms with E-state index in [1.807, 2.05) is 87.5 Å². The van der Waals surface area contributed by atoms with Gasteiger partial charge in [-0.2, -0.15) is 8.78 Å². The van der Waals surface area contributed by atoms with Gasteiger partial charge in [-0.15, -0.1) is 11.3 Å². The third-order valence-corrected chi connectivity index (χ3v) is 12.3. The number of fused-ring (bicyclic) bond motifs is 3. The number of nitrogens with one attached hydrogen (secondary N) is 1. The van der Waals surface area contributed by atoms with E-state index in [4.69, 9.17) is 4.74 Å². The van der Waals surface area contributed by atoms with Crippen molar-refractivity contribution in [2.75, 3.05) is 19.7 Å². The molecule has 0 radical (unpaired) electrons. The number of amides is 3. The van der Waals surface area contributed by atoms with E-state index in [2.05, 4.69) is 5.32 Å². The highest BCUT2D eigenvalue weighted by Crippen LogP contribution is 2.59. The zero-order valence-corrected chi connectivity index (χ0v) is 31.6. The summed E-state index contributed by atoms with van der Waals surface area (Å²) in [6.07, 6.45) is -0.0735. The number of thiophene rings is 1. The molecule has 1 saturated heterocycles. The van der Waals surface area contributed by atoms with E-state index < -0.39 is 48.1 Å². The molecule has 2 aliphatic heterocycles. The average Bonchev–Trinajstić information content (AvgIpc) is 3.59. The van der Waals surface area contributed by atoms with Gasteiger partial charge in [-0.25, -0.2) is 0 Å². The maximum Gasteiger partial charge on any atom is 0.399 e. The minimum Gasteiger partial charge on any atom is -0.370 e. The number of morpholine rings is 1. The van der Waals surface area contributed by atoms with Crippen molar-refractivity contribution in [1.29, 1.82) is 0 Å². The zero-order valence-electron chi connectivity index (χ0n) is 29.9. The van der Waals surface area contributed by atoms with Crippen LogP contribution in [-0.4, -0.2) is 69.1 Å². The lowest BCUT2D eigenvalue weighted by atomic mass is 9.84. The van der Waals surface area contributed by atoms with E-state index >= 15 is 0 Å². The third-order valence-electron chi connectivity index (χ3n) is 10.2. The summed E-state index contributed by atoms with van der Waals surface area (Å²) in [5.74, 6) is -1.27. The fourth-order valence-electron chi connectivity index (χ4n) is 7.28. The Bertz CT molecular complexity index is 2310. The molecule has 3 heterocycles. The Labute approximate surface area is 314 Å². The first-order valence-corrected chi connectivity index (χ1v) is 20.0. The van der Waals surface area contributed by atoms with Crippen LogP contribution in [0.5, 0.6) is 0 Å². The minimum absolute atomic E-state index is 0.119. The van der Waals surface area contributed by atoms with E-state index in [0.717, 1.165) is 50.9 Å². The van der Waals surface area contributed by atoms with E-state index in [1.54, 1.807) is 9.80 Å². The maximum atomic E-state index is 14.7. The Morgan fingerprint density at radius 2 is 1.63 bits per heavy atom. The molecule has 1 aromatic heterocycles. The molecule has 7 rings (SSSR count). The zero-order chi connectivity index (χ0) is 38.6. The predicted octanol–water partition coefficient (Wildman–Crippen LogP) is 6.98. The molecule has 1 fully saturated rings. The van der Waals surface area contributed by atoms with Crippen LogP contribution >= 0.6 is 18.9 Å². The lowest BCUT2D eigenvalue weighted by molar-refractivity contribution is -0.153. The molecule has 54 heavy (non-hydrogen) atoms. The van der Waals surface area contributed by atoms with Crippen molar-refractivity contribution in [2.24, 2.45) is 5.41 Å². The summed E-state index contributed by atoms with van der Waals surface area (Å²) in [4.78, 5) is 65.0. The van der Waals surface area contributed by atoms with Crippen LogP contribution in [0.3, 0.4) is 0 Å². The molecule has 0 aliphatic carbocycles. The number of benzene rings is 4. The van der Waals surface area contributed by atoms with Crippen molar-refractivity contribution >= 4 is 57.5 Å². The summed E-state index contributed by atoms with van der Waals surface area (Å²) < 4.78 is 47.0. The summed E-state index contributed by atoms with van der Waals surface area (Å²) >= 11 is 0.997. The van der Waals surface area contributed by atoms with Gasteiger partial charge in [0.2, 0.25) is 11.8 Å². The number of hydrogen-bond donors (Lipinski definition) is 3. The van der Waals surface area contributed by atoms with Gasteiger partial charge in [0.05, 0.1) is 18.0 Å². The monoisotopic (exact) mass is 775 g/mol. The predicted molar refractivity (Wildman–Crippen MR) is 202 cm³/mol. The second kappa shape index (κ2) is 14.3. The molecule has 1 unspecified atom stereocenters. The Morgan fingerprint density at radius 3 is 2.37 bits per heavy atom. The van der Waals surface area contributed by atoms with E-state index in [-0.39, 0.29) is 28.8 Å². The Morgan fingerprint density at radius 1 is 0.926 bits per heavy atom. The highest BCUT2D eigenvalue weighted by atomic mass is 32.1. The second-order valence-corrected chi connectivity index (χ2v) is 17.6. The molecular weight excluding hydrogens is 735 g/mol. The number of hydrogen-bond acceptors (Lipinski definition) is 6. The smallest absolute Gasteiger partial charge is 0.370 e. The molecule has 0 spiro atoms. The Balaban J connectivity index is 1.16. The first-order valence-electron chi connectivity index (χ1n) is 17.6. The molecule has 3 atom stereocenters. The number of carbonyl (C=O) groups excluding carboxylic acids is 3. The molecule has 282 valence electrons. The molecule has 0 bridgehead atoms. The van der Waals surface area contributed by atoms with Crippen LogP contribution in [0, 0.1) is 5.41 Å². The van der Waals surface area contributed by atoms with E-state index in [9.17, 15) is 37.5 Å². The van der Waals surface area contributed by atoms with Crippen LogP contribution in [0.25, 0.3) is 20.9 Å². The summed E-state index contributed by atoms with van der Waals surface area (Å²) in [5, 5.41) is 5.18.